The van der Waals surface area contributed by atoms with Crippen LogP contribution in [0.4, 0.5) is 0 Å². The molecule has 6 nitrogen and oxygen atoms in total. The number of nitrogens with zero attached hydrogens (tertiary/aromatic N) is 1. The predicted octanol–water partition coefficient (Wildman–Crippen LogP) is 0.470. The van der Waals surface area contributed by atoms with Crippen LogP contribution in [0.2, 0.25) is 0 Å². The molecule has 11 heteroatoms. The monoisotopic (exact) mass is 467 g/mol. The molecule has 106 valence electrons. The third kappa shape index (κ3) is 12.9. The van der Waals surface area contributed by atoms with Crippen LogP contribution >= 0.6 is 7.82 Å². The number of fused-ring (bicyclic) bond motifs is 1. The standard InChI is InChI=1S/C9H7NO.Ag.Al.Mg.H3O4P.Zn.2H/c11-8-5-1-3-7-4-2-6-10-9(7)8;;;;1-5(2,3)4;;;/h1-6,11H;;;;(H3,1,2,3,4);;;/q;;;+2;;;2*-1. The summed E-state index contributed by atoms with van der Waals surface area (Å²) < 4.78 is 8.88. The van der Waals surface area contributed by atoms with E-state index in [1.165, 1.54) is 0 Å². The SMILES string of the molecule is O=P(O)(O)O.Oc1cccc2cccnc12.[Ag].[Al].[H-].[H-].[Mg+2].[Zn]. The summed E-state index contributed by atoms with van der Waals surface area (Å²) in [7, 11) is -4.64. The number of phosphoric acid groups is 1. The van der Waals surface area contributed by atoms with Gasteiger partial charge >= 0.3 is 30.9 Å². The molecule has 0 amide bonds. The number of phenols is 1. The normalized spacial score (nSPS) is 8.55. The van der Waals surface area contributed by atoms with Crippen LogP contribution in [0.5, 0.6) is 5.75 Å². The topological polar surface area (TPSA) is 111 Å². The van der Waals surface area contributed by atoms with Gasteiger partial charge in [0.15, 0.2) is 0 Å². The second-order valence-electron chi connectivity index (χ2n) is 2.87. The molecule has 0 saturated carbocycles. The van der Waals surface area contributed by atoms with Gasteiger partial charge in [0.25, 0.3) is 0 Å². The van der Waals surface area contributed by atoms with Crippen molar-refractivity contribution in [2.75, 3.05) is 0 Å². The van der Waals surface area contributed by atoms with Crippen LogP contribution in [0.15, 0.2) is 36.5 Å². The van der Waals surface area contributed by atoms with E-state index in [0.717, 1.165) is 5.39 Å². The van der Waals surface area contributed by atoms with Crippen molar-refractivity contribution in [3.63, 3.8) is 0 Å². The third-order valence-corrected chi connectivity index (χ3v) is 1.61. The first-order valence-corrected chi connectivity index (χ1v) is 5.75. The molecule has 1 aromatic carbocycles. The molecule has 4 N–H and O–H groups in total. The van der Waals surface area contributed by atoms with Crippen LogP contribution in [0.1, 0.15) is 2.85 Å². The average Bonchev–Trinajstić information content (AvgIpc) is 2.16. The van der Waals surface area contributed by atoms with Gasteiger partial charge in [-0.1, -0.05) is 18.2 Å². The minimum absolute atomic E-state index is 0. The first-order valence-electron chi connectivity index (χ1n) is 4.19. The molecule has 0 aliphatic heterocycles. The maximum atomic E-state index is 9.31. The summed E-state index contributed by atoms with van der Waals surface area (Å²) in [5.41, 5.74) is 0.662. The molecule has 0 aliphatic rings. The molecule has 0 fully saturated rings. The van der Waals surface area contributed by atoms with Crippen LogP contribution in [-0.4, -0.2) is 65.2 Å². The van der Waals surface area contributed by atoms with Gasteiger partial charge in [0.2, 0.25) is 0 Å². The number of benzene rings is 1. The molecule has 0 saturated heterocycles. The molecular weight excluding hydrogens is 458 g/mol. The van der Waals surface area contributed by atoms with Crippen molar-refractivity contribution in [3.8, 4) is 5.75 Å². The second kappa shape index (κ2) is 13.8. The van der Waals surface area contributed by atoms with E-state index >= 15 is 0 Å². The van der Waals surface area contributed by atoms with Crippen molar-refractivity contribution < 1.29 is 69.1 Å². The fraction of sp³-hybridized carbons (Fsp3) is 0. The van der Waals surface area contributed by atoms with Crippen LogP contribution in [0.3, 0.4) is 0 Å². The maximum absolute atomic E-state index is 9.31. The molecule has 0 aliphatic carbocycles. The van der Waals surface area contributed by atoms with Crippen LogP contribution in [-0.2, 0) is 46.4 Å². The fourth-order valence-corrected chi connectivity index (χ4v) is 1.09. The maximum Gasteiger partial charge on any atom is 2.00 e. The predicted molar refractivity (Wildman–Crippen MR) is 71.4 cm³/mol. The Hall–Kier alpha value is 1.20. The summed E-state index contributed by atoms with van der Waals surface area (Å²) in [6.45, 7) is 0. The van der Waals surface area contributed by atoms with E-state index in [9.17, 15) is 5.11 Å². The first kappa shape index (κ1) is 29.2. The minimum Gasteiger partial charge on any atom is -1.00 e. The van der Waals surface area contributed by atoms with Gasteiger partial charge in [-0.25, -0.2) is 4.57 Å². The summed E-state index contributed by atoms with van der Waals surface area (Å²) in [5, 5.41) is 10.3. The minimum atomic E-state index is -4.64. The smallest absolute Gasteiger partial charge is 1.00 e. The molecule has 1 heterocycles. The number of phenolic OH excluding ortho intramolecular Hbond substituents is 1. The number of pyridine rings is 1. The van der Waals surface area contributed by atoms with Crippen molar-refractivity contribution in [1.29, 1.82) is 0 Å². The van der Waals surface area contributed by atoms with Crippen LogP contribution in [0.25, 0.3) is 10.9 Å². The summed E-state index contributed by atoms with van der Waals surface area (Å²) in [6, 6.07) is 9.13. The molecule has 20 heavy (non-hydrogen) atoms. The van der Waals surface area contributed by atoms with Crippen molar-refractivity contribution in [1.82, 2.24) is 4.98 Å². The third-order valence-electron chi connectivity index (χ3n) is 1.61. The average molecular weight is 470 g/mol. The quantitative estimate of drug-likeness (QED) is 0.330. The Morgan fingerprint density at radius 3 is 2.00 bits per heavy atom. The van der Waals surface area contributed by atoms with E-state index in [2.05, 4.69) is 4.98 Å². The number of hydrogen-bond acceptors (Lipinski definition) is 3. The zero-order chi connectivity index (χ0) is 12.2. The number of rotatable bonds is 0. The summed E-state index contributed by atoms with van der Waals surface area (Å²) in [5.74, 6) is 0.239. The van der Waals surface area contributed by atoms with E-state index in [1.807, 2.05) is 18.2 Å². The summed E-state index contributed by atoms with van der Waals surface area (Å²) >= 11 is 0. The Morgan fingerprint density at radius 1 is 1.10 bits per heavy atom. The van der Waals surface area contributed by atoms with Crippen molar-refractivity contribution >= 4 is 59.1 Å². The Morgan fingerprint density at radius 2 is 1.55 bits per heavy atom. The van der Waals surface area contributed by atoms with Gasteiger partial charge in [-0.2, -0.15) is 0 Å². The summed E-state index contributed by atoms with van der Waals surface area (Å²) in [6.07, 6.45) is 1.67. The zero-order valence-corrected chi connectivity index (χ0v) is 18.3. The van der Waals surface area contributed by atoms with E-state index in [1.54, 1.807) is 18.3 Å². The Labute approximate surface area is 174 Å². The molecule has 2 aromatic rings. The molecule has 4 radical (unpaired) electrons. The fourth-order valence-electron chi connectivity index (χ4n) is 1.09. The van der Waals surface area contributed by atoms with Gasteiger partial charge in [0.05, 0.1) is 0 Å². The zero-order valence-electron chi connectivity index (χ0n) is 12.3. The Balaban J connectivity index is -0.0000000530. The van der Waals surface area contributed by atoms with Gasteiger partial charge in [-0.3, -0.25) is 4.98 Å². The Kier molecular flexibility index (Phi) is 20.2. The van der Waals surface area contributed by atoms with E-state index in [0.29, 0.717) is 5.52 Å². The van der Waals surface area contributed by atoms with Gasteiger partial charge in [-0.15, -0.1) is 0 Å². The number of hydrogen-bond donors (Lipinski definition) is 4. The van der Waals surface area contributed by atoms with E-state index < -0.39 is 7.82 Å². The van der Waals surface area contributed by atoms with Gasteiger partial charge in [0, 0.05) is 70.8 Å². The number of para-hydroxylation sites is 1. The van der Waals surface area contributed by atoms with Gasteiger partial charge in [0.1, 0.15) is 11.3 Å². The molecular formula is C9H12AgAlMgNO5PZn. The first-order chi connectivity index (χ1) is 7.38. The molecule has 0 spiro atoms. The molecule has 0 atom stereocenters. The molecule has 0 unspecified atom stereocenters. The van der Waals surface area contributed by atoms with Crippen molar-refractivity contribution in [3.05, 3.63) is 36.5 Å². The largest absolute Gasteiger partial charge is 2.00 e. The molecule has 0 bridgehead atoms. The van der Waals surface area contributed by atoms with Crippen molar-refractivity contribution in [2.24, 2.45) is 0 Å². The molecule has 1 aromatic heterocycles. The Bertz CT molecular complexity index is 543. The van der Waals surface area contributed by atoms with Crippen LogP contribution in [0, 0.1) is 0 Å². The van der Waals surface area contributed by atoms with Crippen molar-refractivity contribution in [2.45, 2.75) is 0 Å². The summed E-state index contributed by atoms with van der Waals surface area (Å²) in [4.78, 5) is 25.6. The number of aromatic hydroxyl groups is 1. The van der Waals surface area contributed by atoms with Gasteiger partial charge < -0.3 is 22.6 Å². The van der Waals surface area contributed by atoms with E-state index in [-0.39, 0.29) is 90.9 Å². The molecule has 2 rings (SSSR count). The second-order valence-corrected chi connectivity index (χ2v) is 3.89. The van der Waals surface area contributed by atoms with E-state index in [4.69, 9.17) is 19.2 Å². The number of aromatic nitrogens is 1. The van der Waals surface area contributed by atoms with Gasteiger partial charge in [-0.05, 0) is 12.1 Å². The van der Waals surface area contributed by atoms with Crippen LogP contribution < -0.4 is 0 Å².